The van der Waals surface area contributed by atoms with Crippen LogP contribution in [-0.4, -0.2) is 4.57 Å². The van der Waals surface area contributed by atoms with E-state index in [0.29, 0.717) is 0 Å². The molecule has 1 nitrogen and oxygen atoms in total. The molecule has 272 valence electrons. The van der Waals surface area contributed by atoms with Crippen molar-refractivity contribution >= 4 is 54.1 Å². The van der Waals surface area contributed by atoms with Crippen molar-refractivity contribution in [3.05, 3.63) is 211 Å². The van der Waals surface area contributed by atoms with E-state index in [1.54, 1.807) is 0 Å². The molecule has 1 heterocycles. The van der Waals surface area contributed by atoms with Gasteiger partial charge < -0.3 is 4.57 Å². The van der Waals surface area contributed by atoms with Crippen LogP contribution in [-0.2, 0) is 5.41 Å². The van der Waals surface area contributed by atoms with Crippen molar-refractivity contribution in [2.24, 2.45) is 0 Å². The van der Waals surface area contributed by atoms with Gasteiger partial charge in [0.2, 0.25) is 0 Å². The third kappa shape index (κ3) is 4.77. The van der Waals surface area contributed by atoms with E-state index in [-0.39, 0.29) is 5.41 Å². The molecule has 0 fully saturated rings. The van der Waals surface area contributed by atoms with Gasteiger partial charge in [0.05, 0.1) is 11.0 Å². The van der Waals surface area contributed by atoms with Crippen LogP contribution >= 0.6 is 0 Å². The molecule has 0 radical (unpaired) electrons. The van der Waals surface area contributed by atoms with E-state index in [0.717, 1.165) is 5.69 Å². The first-order chi connectivity index (χ1) is 28.5. The predicted molar refractivity (Wildman–Crippen MR) is 247 cm³/mol. The fourth-order valence-electron chi connectivity index (χ4n) is 10.2. The maximum absolute atomic E-state index is 2.43. The quantitative estimate of drug-likeness (QED) is 0.159. The molecular formula is C57H39N. The summed E-state index contributed by atoms with van der Waals surface area (Å²) < 4.78 is 2.42. The molecule has 0 N–H and O–H groups in total. The molecule has 0 atom stereocenters. The smallest absolute Gasteiger partial charge is 0.0541 e. The predicted octanol–water partition coefficient (Wildman–Crippen LogP) is 15.6. The van der Waals surface area contributed by atoms with Crippen molar-refractivity contribution < 1.29 is 0 Å². The molecule has 0 bridgehead atoms. The van der Waals surface area contributed by atoms with Gasteiger partial charge in [-0.15, -0.1) is 0 Å². The highest BCUT2D eigenvalue weighted by Crippen LogP contribution is 2.50. The third-order valence-corrected chi connectivity index (χ3v) is 13.0. The van der Waals surface area contributed by atoms with Crippen LogP contribution in [0.2, 0.25) is 0 Å². The fourth-order valence-corrected chi connectivity index (χ4v) is 10.2. The standard InChI is InChI=1S/C57H39N/c1-57(2)53-23-13-12-22-48(53)49-29-24-37(35-54(49)57)36-26-30-55-51(32-36)52-34-39(27-31-56(52)58(55)40-14-4-3-5-15-40)42-17-7-6-16-41(42)38-25-28-47-45-20-9-8-18-43(45)44-19-10-11-21-46(44)50(47)33-38/h3-35H,1-2H3. The van der Waals surface area contributed by atoms with Gasteiger partial charge >= 0.3 is 0 Å². The zero-order chi connectivity index (χ0) is 38.5. The van der Waals surface area contributed by atoms with E-state index >= 15 is 0 Å². The molecule has 12 rings (SSSR count). The van der Waals surface area contributed by atoms with Crippen molar-refractivity contribution in [2.45, 2.75) is 19.3 Å². The summed E-state index contributed by atoms with van der Waals surface area (Å²) in [5, 5.41) is 10.3. The van der Waals surface area contributed by atoms with Gasteiger partial charge in [-0.25, -0.2) is 0 Å². The molecule has 1 aromatic heterocycles. The monoisotopic (exact) mass is 737 g/mol. The summed E-state index contributed by atoms with van der Waals surface area (Å²) in [4.78, 5) is 0. The van der Waals surface area contributed by atoms with Crippen LogP contribution < -0.4 is 0 Å². The maximum Gasteiger partial charge on any atom is 0.0541 e. The summed E-state index contributed by atoms with van der Waals surface area (Å²) in [6.45, 7) is 4.72. The lowest BCUT2D eigenvalue weighted by molar-refractivity contribution is 0.660. The van der Waals surface area contributed by atoms with Crippen molar-refractivity contribution in [2.75, 3.05) is 0 Å². The average molecular weight is 738 g/mol. The first kappa shape index (κ1) is 33.0. The summed E-state index contributed by atoms with van der Waals surface area (Å²) in [6.07, 6.45) is 0. The van der Waals surface area contributed by atoms with E-state index < -0.39 is 0 Å². The number of hydrogen-bond donors (Lipinski definition) is 0. The Bertz CT molecular complexity index is 3440. The van der Waals surface area contributed by atoms with Gasteiger partial charge in [-0.1, -0.05) is 166 Å². The van der Waals surface area contributed by atoms with Gasteiger partial charge in [0.25, 0.3) is 0 Å². The molecule has 0 saturated carbocycles. The Morgan fingerprint density at radius 3 is 1.38 bits per heavy atom. The van der Waals surface area contributed by atoms with Gasteiger partial charge in [0.15, 0.2) is 0 Å². The number of rotatable bonds is 4. The number of para-hydroxylation sites is 1. The number of nitrogens with zero attached hydrogens (tertiary/aromatic N) is 1. The molecule has 58 heavy (non-hydrogen) atoms. The molecule has 1 aliphatic rings. The van der Waals surface area contributed by atoms with Crippen LogP contribution in [0.5, 0.6) is 0 Å². The van der Waals surface area contributed by atoms with Gasteiger partial charge in [0, 0.05) is 21.9 Å². The van der Waals surface area contributed by atoms with Crippen LogP contribution in [0.15, 0.2) is 200 Å². The molecule has 10 aromatic carbocycles. The van der Waals surface area contributed by atoms with Crippen molar-refractivity contribution in [3.8, 4) is 50.2 Å². The largest absolute Gasteiger partial charge is 0.309 e. The topological polar surface area (TPSA) is 4.93 Å². The molecule has 1 aliphatic carbocycles. The first-order valence-electron chi connectivity index (χ1n) is 20.3. The summed E-state index contributed by atoms with van der Waals surface area (Å²) in [6, 6.07) is 74.4. The zero-order valence-corrected chi connectivity index (χ0v) is 32.5. The summed E-state index contributed by atoms with van der Waals surface area (Å²) in [5.41, 5.74) is 16.4. The minimum absolute atomic E-state index is 0.0520. The Morgan fingerprint density at radius 2 is 0.724 bits per heavy atom. The molecule has 0 saturated heterocycles. The SMILES string of the molecule is CC1(C)c2ccccc2-c2ccc(-c3ccc4c(c3)c3cc(-c5ccccc5-c5ccc6c7ccccc7c7ccccc7c6c5)ccc3n4-c3ccccc3)cc21. The van der Waals surface area contributed by atoms with Gasteiger partial charge in [-0.3, -0.25) is 0 Å². The van der Waals surface area contributed by atoms with E-state index in [2.05, 4.69) is 219 Å². The van der Waals surface area contributed by atoms with E-state index in [4.69, 9.17) is 0 Å². The maximum atomic E-state index is 2.43. The Kier molecular flexibility index (Phi) is 7.04. The van der Waals surface area contributed by atoms with Crippen LogP contribution in [0.25, 0.3) is 104 Å². The summed E-state index contributed by atoms with van der Waals surface area (Å²) in [5.74, 6) is 0. The van der Waals surface area contributed by atoms with Gasteiger partial charge in [0.1, 0.15) is 0 Å². The highest BCUT2D eigenvalue weighted by atomic mass is 15.0. The minimum Gasteiger partial charge on any atom is -0.309 e. The molecule has 1 heteroatoms. The Morgan fingerprint density at radius 1 is 0.293 bits per heavy atom. The molecular weight excluding hydrogens is 699 g/mol. The normalized spacial score (nSPS) is 13.1. The minimum atomic E-state index is -0.0520. The Hall–Kier alpha value is -7.22. The van der Waals surface area contributed by atoms with E-state index in [1.165, 1.54) is 110 Å². The zero-order valence-electron chi connectivity index (χ0n) is 32.5. The number of fused-ring (bicyclic) bond motifs is 12. The van der Waals surface area contributed by atoms with Crippen LogP contribution in [0.4, 0.5) is 0 Å². The average Bonchev–Trinajstić information content (AvgIpc) is 3.73. The van der Waals surface area contributed by atoms with E-state index in [9.17, 15) is 0 Å². The van der Waals surface area contributed by atoms with Crippen LogP contribution in [0, 0.1) is 0 Å². The molecule has 0 amide bonds. The van der Waals surface area contributed by atoms with Gasteiger partial charge in [-0.2, -0.15) is 0 Å². The Labute approximate surface area is 338 Å². The van der Waals surface area contributed by atoms with Crippen molar-refractivity contribution in [1.29, 1.82) is 0 Å². The third-order valence-electron chi connectivity index (χ3n) is 13.0. The lowest BCUT2D eigenvalue weighted by Gasteiger charge is -2.22. The van der Waals surface area contributed by atoms with Crippen molar-refractivity contribution in [1.82, 2.24) is 4.57 Å². The van der Waals surface area contributed by atoms with Gasteiger partial charge in [-0.05, 0) is 136 Å². The second-order valence-electron chi connectivity index (χ2n) is 16.5. The molecule has 0 unspecified atom stereocenters. The second-order valence-corrected chi connectivity index (χ2v) is 16.5. The number of aromatic nitrogens is 1. The highest BCUT2D eigenvalue weighted by Gasteiger charge is 2.35. The van der Waals surface area contributed by atoms with Crippen LogP contribution in [0.3, 0.4) is 0 Å². The number of benzene rings is 10. The lowest BCUT2D eigenvalue weighted by atomic mass is 9.81. The molecule has 0 spiro atoms. The number of hydrogen-bond acceptors (Lipinski definition) is 0. The fraction of sp³-hybridized carbons (Fsp3) is 0.0526. The van der Waals surface area contributed by atoms with E-state index in [1.807, 2.05) is 0 Å². The summed E-state index contributed by atoms with van der Waals surface area (Å²) in [7, 11) is 0. The van der Waals surface area contributed by atoms with Crippen molar-refractivity contribution in [3.63, 3.8) is 0 Å². The van der Waals surface area contributed by atoms with Crippen LogP contribution in [0.1, 0.15) is 25.0 Å². The first-order valence-corrected chi connectivity index (χ1v) is 20.3. The second kappa shape index (κ2) is 12.4. The lowest BCUT2D eigenvalue weighted by Crippen LogP contribution is -2.14. The molecule has 0 aliphatic heterocycles. The molecule has 11 aromatic rings. The highest BCUT2D eigenvalue weighted by molar-refractivity contribution is 6.26. The summed E-state index contributed by atoms with van der Waals surface area (Å²) >= 11 is 0. The Balaban J connectivity index is 1.04.